The van der Waals surface area contributed by atoms with E-state index in [4.69, 9.17) is 4.74 Å². The normalized spacial score (nSPS) is 11.2. The molecule has 0 bridgehead atoms. The van der Waals surface area contributed by atoms with E-state index in [0.717, 1.165) is 5.56 Å². The topological polar surface area (TPSA) is 108 Å². The lowest BCUT2D eigenvalue weighted by Crippen LogP contribution is -2.24. The van der Waals surface area contributed by atoms with Crippen LogP contribution < -0.4 is 5.32 Å². The van der Waals surface area contributed by atoms with Crippen LogP contribution in [-0.4, -0.2) is 32.2 Å². The van der Waals surface area contributed by atoms with E-state index in [0.29, 0.717) is 10.9 Å². The van der Waals surface area contributed by atoms with Gasteiger partial charge in [0.1, 0.15) is 12.3 Å². The molecule has 1 amide bonds. The maximum absolute atomic E-state index is 12.2. The van der Waals surface area contributed by atoms with Gasteiger partial charge in [0.2, 0.25) is 0 Å². The fraction of sp³-hybridized carbons (Fsp3) is 0.0952. The van der Waals surface area contributed by atoms with E-state index in [2.05, 4.69) is 22.1 Å². The zero-order chi connectivity index (χ0) is 20.6. The average molecular weight is 407 g/mol. The molecule has 0 saturated heterocycles. The van der Waals surface area contributed by atoms with Crippen LogP contribution in [0, 0.1) is 11.8 Å². The van der Waals surface area contributed by atoms with Crippen molar-refractivity contribution in [2.45, 2.75) is 11.5 Å². The van der Waals surface area contributed by atoms with E-state index in [1.165, 1.54) is 24.3 Å². The van der Waals surface area contributed by atoms with Gasteiger partial charge in [-0.25, -0.2) is 9.78 Å². The Morgan fingerprint density at radius 3 is 2.66 bits per heavy atom. The third-order valence-corrected chi connectivity index (χ3v) is 4.47. The van der Waals surface area contributed by atoms with E-state index >= 15 is 0 Å². The molecule has 1 aromatic heterocycles. The van der Waals surface area contributed by atoms with Crippen molar-refractivity contribution in [3.63, 3.8) is 0 Å². The smallest absolute Gasteiger partial charge is 0.384 e. The highest BCUT2D eigenvalue weighted by molar-refractivity contribution is 7.79. The van der Waals surface area contributed by atoms with Gasteiger partial charge in [-0.05, 0) is 40.9 Å². The summed E-state index contributed by atoms with van der Waals surface area (Å²) in [6, 6.07) is 16.7. The molecule has 146 valence electrons. The Kier molecular flexibility index (Phi) is 6.68. The van der Waals surface area contributed by atoms with Crippen LogP contribution in [0.5, 0.6) is 0 Å². The van der Waals surface area contributed by atoms with Crippen molar-refractivity contribution in [1.82, 2.24) is 10.3 Å². The molecule has 0 fully saturated rings. The number of esters is 1. The lowest BCUT2D eigenvalue weighted by molar-refractivity contribution is -0.137. The van der Waals surface area contributed by atoms with Crippen molar-refractivity contribution in [3.05, 3.63) is 71.9 Å². The van der Waals surface area contributed by atoms with Crippen molar-refractivity contribution in [1.29, 1.82) is 0 Å². The molecule has 0 spiro atoms. The summed E-state index contributed by atoms with van der Waals surface area (Å²) < 4.78 is 27.0. The van der Waals surface area contributed by atoms with Gasteiger partial charge >= 0.3 is 5.97 Å². The molecule has 3 rings (SSSR count). The standard InChI is InChI=1S/C21H16N2O5S/c24-20(28-14-15-5-2-1-3-6-15)7-4-12-22-21(25)19-10-8-16-13-17(29(26)27)9-11-18(16)23-19/h1-3,5-6,8-11,13H,12,14H2,(H,22,25)(H,26,27)/p-1. The minimum absolute atomic E-state index is 0.0485. The van der Waals surface area contributed by atoms with Gasteiger partial charge in [0.05, 0.1) is 12.1 Å². The molecule has 0 radical (unpaired) electrons. The van der Waals surface area contributed by atoms with Gasteiger partial charge in [-0.1, -0.05) is 42.3 Å². The monoisotopic (exact) mass is 407 g/mol. The summed E-state index contributed by atoms with van der Waals surface area (Å²) in [6.07, 6.45) is 0. The largest absolute Gasteiger partial charge is 0.768 e. The molecular weight excluding hydrogens is 392 g/mol. The molecule has 8 heteroatoms. The van der Waals surface area contributed by atoms with E-state index in [-0.39, 0.29) is 23.7 Å². The third-order valence-electron chi connectivity index (χ3n) is 3.83. The number of carbonyl (C=O) groups excluding carboxylic acids is 2. The molecule has 3 aromatic rings. The van der Waals surface area contributed by atoms with Crippen LogP contribution in [0.2, 0.25) is 0 Å². The number of amides is 1. The van der Waals surface area contributed by atoms with Crippen LogP contribution >= 0.6 is 0 Å². The first-order valence-electron chi connectivity index (χ1n) is 8.51. The maximum Gasteiger partial charge on any atom is 0.384 e. The number of benzene rings is 2. The van der Waals surface area contributed by atoms with Gasteiger partial charge in [0.25, 0.3) is 5.91 Å². The number of hydrogen-bond acceptors (Lipinski definition) is 6. The van der Waals surface area contributed by atoms with Crippen LogP contribution in [0.3, 0.4) is 0 Å². The summed E-state index contributed by atoms with van der Waals surface area (Å²) in [6.45, 7) is 0.0798. The Balaban J connectivity index is 1.53. The number of carbonyl (C=O) groups is 2. The van der Waals surface area contributed by atoms with Gasteiger partial charge in [-0.15, -0.1) is 0 Å². The van der Waals surface area contributed by atoms with E-state index in [1.54, 1.807) is 6.07 Å². The minimum atomic E-state index is -2.33. The highest BCUT2D eigenvalue weighted by atomic mass is 32.2. The summed E-state index contributed by atoms with van der Waals surface area (Å²) >= 11 is -2.33. The third kappa shape index (κ3) is 5.72. The Morgan fingerprint density at radius 1 is 1.10 bits per heavy atom. The number of nitrogens with zero attached hydrogens (tertiary/aromatic N) is 1. The van der Waals surface area contributed by atoms with Crippen molar-refractivity contribution >= 4 is 33.9 Å². The number of aromatic nitrogens is 1. The highest BCUT2D eigenvalue weighted by Crippen LogP contribution is 2.16. The number of rotatable bonds is 5. The van der Waals surface area contributed by atoms with Gasteiger partial charge in [0, 0.05) is 16.2 Å². The summed E-state index contributed by atoms with van der Waals surface area (Å²) in [5, 5.41) is 3.14. The molecule has 0 aliphatic rings. The molecule has 1 heterocycles. The van der Waals surface area contributed by atoms with Crippen molar-refractivity contribution in [2.75, 3.05) is 6.54 Å². The maximum atomic E-state index is 12.2. The first-order valence-corrected chi connectivity index (χ1v) is 9.58. The molecule has 1 atom stereocenters. The molecule has 29 heavy (non-hydrogen) atoms. The van der Waals surface area contributed by atoms with Gasteiger partial charge in [0.15, 0.2) is 0 Å². The molecule has 0 saturated carbocycles. The van der Waals surface area contributed by atoms with Crippen LogP contribution in [0.25, 0.3) is 10.9 Å². The number of ether oxygens (including phenoxy) is 1. The SMILES string of the molecule is O=C(C#CCNC(=O)c1ccc2cc(S(=O)[O-])ccc2n1)OCc1ccccc1. The summed E-state index contributed by atoms with van der Waals surface area (Å²) in [5.41, 5.74) is 1.50. The second-order valence-corrected chi connectivity index (χ2v) is 6.77. The van der Waals surface area contributed by atoms with E-state index < -0.39 is 23.0 Å². The number of hydrogen-bond donors (Lipinski definition) is 1. The predicted molar refractivity (Wildman–Crippen MR) is 105 cm³/mol. The Labute approximate surface area is 169 Å². The lowest BCUT2D eigenvalue weighted by atomic mass is 10.2. The minimum Gasteiger partial charge on any atom is -0.768 e. The van der Waals surface area contributed by atoms with Crippen LogP contribution in [0.4, 0.5) is 0 Å². The first kappa shape index (κ1) is 20.2. The Hall–Kier alpha value is -3.54. The molecule has 0 aliphatic heterocycles. The second-order valence-electron chi connectivity index (χ2n) is 5.83. The fourth-order valence-corrected chi connectivity index (χ4v) is 2.83. The summed E-state index contributed by atoms with van der Waals surface area (Å²) in [4.78, 5) is 28.1. The van der Waals surface area contributed by atoms with Crippen LogP contribution in [-0.2, 0) is 27.2 Å². The average Bonchev–Trinajstić information content (AvgIpc) is 2.75. The fourth-order valence-electron chi connectivity index (χ4n) is 2.42. The van der Waals surface area contributed by atoms with Crippen molar-refractivity contribution in [3.8, 4) is 11.8 Å². The predicted octanol–water partition coefficient (Wildman–Crippen LogP) is 1.95. The van der Waals surface area contributed by atoms with Crippen LogP contribution in [0.15, 0.2) is 65.6 Å². The summed E-state index contributed by atoms with van der Waals surface area (Å²) in [5.74, 6) is 3.68. The second kappa shape index (κ2) is 9.59. The van der Waals surface area contributed by atoms with Gasteiger partial charge < -0.3 is 14.6 Å². The van der Waals surface area contributed by atoms with Gasteiger partial charge in [-0.3, -0.25) is 9.00 Å². The molecular formula is C21H15N2O5S-. The number of nitrogens with one attached hydrogen (secondary N) is 1. The number of pyridine rings is 1. The molecule has 0 aliphatic carbocycles. The first-order chi connectivity index (χ1) is 14.0. The molecule has 2 aromatic carbocycles. The number of fused-ring (bicyclic) bond motifs is 1. The lowest BCUT2D eigenvalue weighted by Gasteiger charge is -2.07. The van der Waals surface area contributed by atoms with Gasteiger partial charge in [-0.2, -0.15) is 0 Å². The van der Waals surface area contributed by atoms with Crippen LogP contribution in [0.1, 0.15) is 16.1 Å². The molecule has 1 N–H and O–H groups in total. The quantitative estimate of drug-likeness (QED) is 0.300. The summed E-state index contributed by atoms with van der Waals surface area (Å²) in [7, 11) is 0. The zero-order valence-electron chi connectivity index (χ0n) is 15.1. The molecule has 7 nitrogen and oxygen atoms in total. The van der Waals surface area contributed by atoms with Crippen molar-refractivity contribution < 1.29 is 23.1 Å². The zero-order valence-corrected chi connectivity index (χ0v) is 15.9. The van der Waals surface area contributed by atoms with Crippen molar-refractivity contribution in [2.24, 2.45) is 0 Å². The van der Waals surface area contributed by atoms with E-state index in [9.17, 15) is 18.4 Å². The highest BCUT2D eigenvalue weighted by Gasteiger charge is 2.08. The Bertz CT molecular complexity index is 1140. The molecule has 1 unspecified atom stereocenters. The Morgan fingerprint density at radius 2 is 1.90 bits per heavy atom. The van der Waals surface area contributed by atoms with E-state index in [1.807, 2.05) is 30.3 Å².